The predicted octanol–water partition coefficient (Wildman–Crippen LogP) is 3.97. The van der Waals surface area contributed by atoms with E-state index in [9.17, 15) is 5.11 Å². The number of hydrogen-bond donors (Lipinski definition) is 1. The van der Waals surface area contributed by atoms with Gasteiger partial charge in [0.25, 0.3) is 8.32 Å². The largest absolute Gasteiger partial charge is 0.407 e. The SMILES string of the molecule is C[C@@H]1CC[C@@H](O)[C@@H]1CO[Si](c1ccccc1)(c1ccccc1)C(C)(C)C. The van der Waals surface area contributed by atoms with Gasteiger partial charge in [0.15, 0.2) is 0 Å². The molecule has 0 radical (unpaired) electrons. The molecule has 0 heterocycles. The van der Waals surface area contributed by atoms with Gasteiger partial charge in [0.2, 0.25) is 0 Å². The summed E-state index contributed by atoms with van der Waals surface area (Å²) in [5.41, 5.74) is 0. The van der Waals surface area contributed by atoms with Crippen LogP contribution in [0.1, 0.15) is 40.5 Å². The van der Waals surface area contributed by atoms with Crippen LogP contribution < -0.4 is 10.4 Å². The Morgan fingerprint density at radius 1 is 0.923 bits per heavy atom. The van der Waals surface area contributed by atoms with E-state index in [1.54, 1.807) is 0 Å². The van der Waals surface area contributed by atoms with Crippen LogP contribution in [0.15, 0.2) is 60.7 Å². The molecule has 3 rings (SSSR count). The van der Waals surface area contributed by atoms with Crippen molar-refractivity contribution in [3.05, 3.63) is 60.7 Å². The van der Waals surface area contributed by atoms with Gasteiger partial charge in [-0.1, -0.05) is 88.4 Å². The third-order valence-corrected chi connectivity index (χ3v) is 11.1. The highest BCUT2D eigenvalue weighted by Crippen LogP contribution is 2.39. The second kappa shape index (κ2) is 7.67. The Balaban J connectivity index is 2.06. The molecule has 0 amide bonds. The fourth-order valence-corrected chi connectivity index (χ4v) is 9.10. The van der Waals surface area contributed by atoms with Crippen molar-refractivity contribution >= 4 is 18.7 Å². The van der Waals surface area contributed by atoms with Gasteiger partial charge < -0.3 is 9.53 Å². The van der Waals surface area contributed by atoms with E-state index in [1.807, 2.05) is 0 Å². The number of aliphatic hydroxyl groups is 1. The molecule has 0 saturated heterocycles. The van der Waals surface area contributed by atoms with E-state index in [2.05, 4.69) is 88.4 Å². The summed E-state index contributed by atoms with van der Waals surface area (Å²) in [5.74, 6) is 0.750. The van der Waals surface area contributed by atoms with Crippen LogP contribution >= 0.6 is 0 Å². The topological polar surface area (TPSA) is 29.5 Å². The average molecular weight is 369 g/mol. The Labute approximate surface area is 159 Å². The van der Waals surface area contributed by atoms with Gasteiger partial charge in [-0.3, -0.25) is 0 Å². The van der Waals surface area contributed by atoms with E-state index in [0.29, 0.717) is 12.5 Å². The highest BCUT2D eigenvalue weighted by Gasteiger charge is 2.51. The summed E-state index contributed by atoms with van der Waals surface area (Å²) >= 11 is 0. The highest BCUT2D eigenvalue weighted by molar-refractivity contribution is 6.99. The maximum absolute atomic E-state index is 10.4. The van der Waals surface area contributed by atoms with E-state index in [-0.39, 0.29) is 17.1 Å². The molecule has 2 aromatic rings. The molecule has 1 fully saturated rings. The Bertz CT molecular complexity index is 644. The second-order valence-electron chi connectivity index (χ2n) is 8.76. The van der Waals surface area contributed by atoms with Crippen molar-refractivity contribution in [3.8, 4) is 0 Å². The van der Waals surface area contributed by atoms with E-state index >= 15 is 0 Å². The molecule has 3 heteroatoms. The van der Waals surface area contributed by atoms with Crippen molar-refractivity contribution in [2.75, 3.05) is 6.61 Å². The van der Waals surface area contributed by atoms with Crippen LogP contribution in [0.4, 0.5) is 0 Å². The minimum Gasteiger partial charge on any atom is -0.407 e. The van der Waals surface area contributed by atoms with Crippen molar-refractivity contribution in [2.24, 2.45) is 11.8 Å². The van der Waals surface area contributed by atoms with E-state index < -0.39 is 8.32 Å². The van der Waals surface area contributed by atoms with Gasteiger partial charge in [-0.25, -0.2) is 0 Å². The molecular weight excluding hydrogens is 336 g/mol. The van der Waals surface area contributed by atoms with Gasteiger partial charge in [0, 0.05) is 12.5 Å². The first-order chi connectivity index (χ1) is 12.4. The van der Waals surface area contributed by atoms with Crippen LogP contribution in [-0.2, 0) is 4.43 Å². The third-order valence-electron chi connectivity index (χ3n) is 6.05. The summed E-state index contributed by atoms with van der Waals surface area (Å²) in [7, 11) is -2.49. The quantitative estimate of drug-likeness (QED) is 0.809. The number of benzene rings is 2. The van der Waals surface area contributed by atoms with E-state index in [4.69, 9.17) is 4.43 Å². The molecule has 26 heavy (non-hydrogen) atoms. The molecule has 0 aromatic heterocycles. The number of rotatable bonds is 5. The summed E-state index contributed by atoms with van der Waals surface area (Å²) in [4.78, 5) is 0. The minimum absolute atomic E-state index is 0.0114. The molecule has 0 unspecified atom stereocenters. The van der Waals surface area contributed by atoms with Gasteiger partial charge in [0.05, 0.1) is 6.10 Å². The Hall–Kier alpha value is -1.42. The zero-order chi connectivity index (χ0) is 18.8. The summed E-state index contributed by atoms with van der Waals surface area (Å²) < 4.78 is 6.97. The molecule has 2 nitrogen and oxygen atoms in total. The molecule has 3 atom stereocenters. The number of hydrogen-bond acceptors (Lipinski definition) is 2. The van der Waals surface area contributed by atoms with Crippen LogP contribution in [-0.4, -0.2) is 26.1 Å². The first-order valence-electron chi connectivity index (χ1n) is 9.79. The Morgan fingerprint density at radius 3 is 1.81 bits per heavy atom. The van der Waals surface area contributed by atoms with Crippen LogP contribution in [0.5, 0.6) is 0 Å². The lowest BCUT2D eigenvalue weighted by Gasteiger charge is -2.44. The van der Waals surface area contributed by atoms with Gasteiger partial charge in [-0.05, 0) is 34.2 Å². The van der Waals surface area contributed by atoms with Crippen molar-refractivity contribution in [3.63, 3.8) is 0 Å². The molecule has 1 aliphatic rings. The maximum atomic E-state index is 10.4. The monoisotopic (exact) mass is 368 g/mol. The predicted molar refractivity (Wildman–Crippen MR) is 111 cm³/mol. The molecule has 0 spiro atoms. The average Bonchev–Trinajstić information content (AvgIpc) is 2.95. The van der Waals surface area contributed by atoms with Crippen molar-refractivity contribution in [2.45, 2.75) is 51.7 Å². The van der Waals surface area contributed by atoms with Gasteiger partial charge >= 0.3 is 0 Å². The molecule has 2 aromatic carbocycles. The zero-order valence-corrected chi connectivity index (χ0v) is 17.5. The zero-order valence-electron chi connectivity index (χ0n) is 16.5. The first-order valence-corrected chi connectivity index (χ1v) is 11.7. The van der Waals surface area contributed by atoms with Crippen LogP contribution in [0, 0.1) is 11.8 Å². The summed E-state index contributed by atoms with van der Waals surface area (Å²) in [6.45, 7) is 9.78. The third kappa shape index (κ3) is 3.53. The molecule has 0 aliphatic heterocycles. The molecule has 0 bridgehead atoms. The molecule has 140 valence electrons. The van der Waals surface area contributed by atoms with Gasteiger partial charge in [0.1, 0.15) is 0 Å². The molecular formula is C23H32O2Si. The lowest BCUT2D eigenvalue weighted by Crippen LogP contribution is -2.67. The standard InChI is InChI=1S/C23H32O2Si/c1-18-15-16-22(24)21(18)17-25-26(23(2,3)4,19-11-7-5-8-12-19)20-13-9-6-10-14-20/h5-14,18,21-22,24H,15-17H2,1-4H3/t18-,21-,22-/m1/s1. The second-order valence-corrected chi connectivity index (χ2v) is 13.1. The van der Waals surface area contributed by atoms with Crippen LogP contribution in [0.3, 0.4) is 0 Å². The highest BCUT2D eigenvalue weighted by atomic mass is 28.4. The fraction of sp³-hybridized carbons (Fsp3) is 0.478. The molecule has 1 aliphatic carbocycles. The van der Waals surface area contributed by atoms with Crippen molar-refractivity contribution in [1.29, 1.82) is 0 Å². The van der Waals surface area contributed by atoms with Crippen molar-refractivity contribution < 1.29 is 9.53 Å². The van der Waals surface area contributed by atoms with Crippen LogP contribution in [0.2, 0.25) is 5.04 Å². The van der Waals surface area contributed by atoms with Crippen molar-refractivity contribution in [1.82, 2.24) is 0 Å². The molecule has 1 N–H and O–H groups in total. The fourth-order valence-electron chi connectivity index (χ4n) is 4.50. The van der Waals surface area contributed by atoms with Gasteiger partial charge in [-0.15, -0.1) is 0 Å². The minimum atomic E-state index is -2.49. The maximum Gasteiger partial charge on any atom is 0.261 e. The lowest BCUT2D eigenvalue weighted by molar-refractivity contribution is 0.0803. The van der Waals surface area contributed by atoms with Gasteiger partial charge in [-0.2, -0.15) is 0 Å². The van der Waals surface area contributed by atoms with E-state index in [1.165, 1.54) is 10.4 Å². The number of aliphatic hydroxyl groups excluding tert-OH is 1. The molecule has 1 saturated carbocycles. The summed E-state index contributed by atoms with van der Waals surface area (Å²) in [6, 6.07) is 21.5. The normalized spacial score (nSPS) is 24.0. The first kappa shape index (κ1) is 19.3. The lowest BCUT2D eigenvalue weighted by atomic mass is 9.98. The Morgan fingerprint density at radius 2 is 1.42 bits per heavy atom. The summed E-state index contributed by atoms with van der Waals surface area (Å²) in [6.07, 6.45) is 1.76. The van der Waals surface area contributed by atoms with Crippen LogP contribution in [0.25, 0.3) is 0 Å². The summed E-state index contributed by atoms with van der Waals surface area (Å²) in [5, 5.41) is 13.0. The Kier molecular flexibility index (Phi) is 5.71. The smallest absolute Gasteiger partial charge is 0.261 e. The van der Waals surface area contributed by atoms with E-state index in [0.717, 1.165) is 12.8 Å².